The van der Waals surface area contributed by atoms with Crippen LogP contribution in [0.2, 0.25) is 5.02 Å². The molecule has 5 N–H and O–H groups in total. The Labute approximate surface area is 233 Å². The Morgan fingerprint density at radius 3 is 2.73 bits per heavy atom. The molecule has 0 radical (unpaired) electrons. The minimum atomic E-state index is -4.47. The second kappa shape index (κ2) is 10.9. The summed E-state index contributed by atoms with van der Waals surface area (Å²) in [5, 5.41) is 18.6. The van der Waals surface area contributed by atoms with Crippen LogP contribution < -0.4 is 21.9 Å². The lowest BCUT2D eigenvalue weighted by Crippen LogP contribution is -2.44. The summed E-state index contributed by atoms with van der Waals surface area (Å²) in [6, 6.07) is 7.86. The number of pyridine rings is 1. The number of azo groups is 1. The van der Waals surface area contributed by atoms with Crippen molar-refractivity contribution in [1.82, 2.24) is 19.4 Å². The van der Waals surface area contributed by atoms with Crippen molar-refractivity contribution in [2.75, 3.05) is 23.7 Å². The van der Waals surface area contributed by atoms with Crippen LogP contribution in [0.4, 0.5) is 36.2 Å². The van der Waals surface area contributed by atoms with Crippen molar-refractivity contribution >= 4 is 52.0 Å². The minimum absolute atomic E-state index is 0.0642. The highest BCUT2D eigenvalue weighted by molar-refractivity contribution is 7.99. The molecule has 1 saturated heterocycles. The number of benzene rings is 1. The van der Waals surface area contributed by atoms with E-state index in [1.165, 1.54) is 16.8 Å². The summed E-state index contributed by atoms with van der Waals surface area (Å²) < 4.78 is 40.2. The van der Waals surface area contributed by atoms with E-state index in [-0.39, 0.29) is 40.8 Å². The van der Waals surface area contributed by atoms with Gasteiger partial charge in [-0.2, -0.15) is 18.2 Å². The second-order valence-corrected chi connectivity index (χ2v) is 10.3. The molecule has 4 aromatic rings. The summed E-state index contributed by atoms with van der Waals surface area (Å²) in [4.78, 5) is 27.5. The molecule has 1 aliphatic rings. The molecule has 16 heteroatoms. The summed E-state index contributed by atoms with van der Waals surface area (Å²) >= 11 is 7.63. The number of fused-ring (bicyclic) bond motifs is 1. The summed E-state index contributed by atoms with van der Waals surface area (Å²) in [5.41, 5.74) is 11.0. The standard InChI is InChI=1S/C24H21ClF3N9O2S/c25-17-13(34-35-18-21(38)33-15-6-1-2-8-37(15)23(18)39)4-3-5-14(17)40-22-20(30)32-16(10-31-22)36-9-7-12(11-36)19(29)24(26,27)28/h1-6,8,10,12,19,38H,7,9,11,29H2,(H2,30,32). The van der Waals surface area contributed by atoms with Crippen molar-refractivity contribution in [3.8, 4) is 5.88 Å². The Kier molecular flexibility index (Phi) is 7.53. The van der Waals surface area contributed by atoms with Crippen LogP contribution in [0.1, 0.15) is 6.42 Å². The highest BCUT2D eigenvalue weighted by Gasteiger charge is 2.44. The maximum atomic E-state index is 13.0. The Morgan fingerprint density at radius 2 is 1.98 bits per heavy atom. The fourth-order valence-corrected chi connectivity index (χ4v) is 5.27. The van der Waals surface area contributed by atoms with Gasteiger partial charge in [-0.3, -0.25) is 9.20 Å². The topological polar surface area (TPSA) is 160 Å². The molecule has 0 spiro atoms. The van der Waals surface area contributed by atoms with Gasteiger partial charge in [0.15, 0.2) is 5.82 Å². The first-order chi connectivity index (χ1) is 19.0. The molecular formula is C24H21ClF3N9O2S. The van der Waals surface area contributed by atoms with Crippen molar-refractivity contribution in [2.24, 2.45) is 21.9 Å². The number of nitrogens with zero attached hydrogens (tertiary/aromatic N) is 7. The molecule has 4 heterocycles. The van der Waals surface area contributed by atoms with Crippen LogP contribution in [-0.4, -0.2) is 49.8 Å². The summed E-state index contributed by atoms with van der Waals surface area (Å²) in [7, 11) is 0. The third kappa shape index (κ3) is 5.52. The molecule has 0 aliphatic carbocycles. The van der Waals surface area contributed by atoms with E-state index in [1.54, 1.807) is 41.3 Å². The first-order valence-electron chi connectivity index (χ1n) is 11.8. The largest absolute Gasteiger partial charge is 0.491 e. The molecule has 40 heavy (non-hydrogen) atoms. The monoisotopic (exact) mass is 591 g/mol. The maximum Gasteiger partial charge on any atom is 0.403 e. The minimum Gasteiger partial charge on any atom is -0.491 e. The zero-order valence-electron chi connectivity index (χ0n) is 20.5. The normalized spacial score (nSPS) is 16.7. The summed E-state index contributed by atoms with van der Waals surface area (Å²) in [6.07, 6.45) is -1.28. The van der Waals surface area contributed by atoms with Gasteiger partial charge in [-0.15, -0.1) is 10.2 Å². The van der Waals surface area contributed by atoms with Gasteiger partial charge in [0, 0.05) is 30.1 Å². The van der Waals surface area contributed by atoms with Crippen molar-refractivity contribution in [1.29, 1.82) is 0 Å². The number of nitrogens with two attached hydrogens (primary N) is 2. The fraction of sp³-hybridized carbons (Fsp3) is 0.250. The number of aromatic hydroxyl groups is 1. The molecule has 3 aromatic heterocycles. The van der Waals surface area contributed by atoms with E-state index in [1.807, 2.05) is 0 Å². The maximum absolute atomic E-state index is 13.0. The zero-order valence-corrected chi connectivity index (χ0v) is 22.0. The van der Waals surface area contributed by atoms with Gasteiger partial charge in [0.25, 0.3) is 5.56 Å². The van der Waals surface area contributed by atoms with E-state index in [0.717, 1.165) is 11.8 Å². The first kappa shape index (κ1) is 27.6. The number of halogens is 4. The number of hydrogen-bond acceptors (Lipinski definition) is 11. The summed E-state index contributed by atoms with van der Waals surface area (Å²) in [6.45, 7) is 0.436. The van der Waals surface area contributed by atoms with Crippen molar-refractivity contribution in [3.05, 3.63) is 64.2 Å². The lowest BCUT2D eigenvalue weighted by molar-refractivity contribution is -0.157. The van der Waals surface area contributed by atoms with E-state index >= 15 is 0 Å². The third-order valence-electron chi connectivity index (χ3n) is 6.29. The lowest BCUT2D eigenvalue weighted by Gasteiger charge is -2.23. The highest BCUT2D eigenvalue weighted by Crippen LogP contribution is 2.40. The smallest absolute Gasteiger partial charge is 0.403 e. The van der Waals surface area contributed by atoms with Gasteiger partial charge in [0.1, 0.15) is 28.2 Å². The number of nitrogen functional groups attached to an aromatic ring is 1. The van der Waals surface area contributed by atoms with Gasteiger partial charge in [-0.1, -0.05) is 35.5 Å². The fourth-order valence-electron chi connectivity index (χ4n) is 4.19. The summed E-state index contributed by atoms with van der Waals surface area (Å²) in [5.74, 6) is -0.914. The van der Waals surface area contributed by atoms with Crippen LogP contribution in [0.3, 0.4) is 0 Å². The molecule has 208 valence electrons. The van der Waals surface area contributed by atoms with Crippen LogP contribution in [0.15, 0.2) is 73.7 Å². The molecule has 2 atom stereocenters. The average molecular weight is 592 g/mol. The van der Waals surface area contributed by atoms with E-state index in [0.29, 0.717) is 22.3 Å². The van der Waals surface area contributed by atoms with Crippen LogP contribution >= 0.6 is 23.4 Å². The van der Waals surface area contributed by atoms with Crippen molar-refractivity contribution in [3.63, 3.8) is 0 Å². The average Bonchev–Trinajstić information content (AvgIpc) is 3.40. The predicted molar refractivity (Wildman–Crippen MR) is 144 cm³/mol. The molecular weight excluding hydrogens is 571 g/mol. The number of aromatic nitrogens is 4. The molecule has 5 rings (SSSR count). The van der Waals surface area contributed by atoms with Gasteiger partial charge in [0.05, 0.1) is 11.2 Å². The third-order valence-corrected chi connectivity index (χ3v) is 7.86. The molecule has 11 nitrogen and oxygen atoms in total. The first-order valence-corrected chi connectivity index (χ1v) is 13.0. The molecule has 1 fully saturated rings. The Balaban J connectivity index is 1.34. The second-order valence-electron chi connectivity index (χ2n) is 8.89. The number of anilines is 2. The van der Waals surface area contributed by atoms with Gasteiger partial charge in [-0.05, 0) is 30.7 Å². The van der Waals surface area contributed by atoms with Crippen molar-refractivity contribution < 1.29 is 18.3 Å². The molecule has 0 saturated carbocycles. The van der Waals surface area contributed by atoms with Crippen LogP contribution in [0.25, 0.3) is 5.65 Å². The van der Waals surface area contributed by atoms with Gasteiger partial charge >= 0.3 is 6.18 Å². The van der Waals surface area contributed by atoms with Gasteiger partial charge < -0.3 is 21.5 Å². The molecule has 2 unspecified atom stereocenters. The predicted octanol–water partition coefficient (Wildman–Crippen LogP) is 4.71. The molecule has 0 bridgehead atoms. The Hall–Kier alpha value is -3.95. The highest BCUT2D eigenvalue weighted by atomic mass is 35.5. The lowest BCUT2D eigenvalue weighted by atomic mass is 9.99. The van der Waals surface area contributed by atoms with Gasteiger partial charge in [0.2, 0.25) is 11.6 Å². The molecule has 1 aliphatic heterocycles. The van der Waals surface area contributed by atoms with E-state index in [4.69, 9.17) is 23.1 Å². The quantitative estimate of drug-likeness (QED) is 0.270. The number of hydrogen-bond donors (Lipinski definition) is 3. The number of alkyl halides is 3. The van der Waals surface area contributed by atoms with E-state index in [9.17, 15) is 23.1 Å². The van der Waals surface area contributed by atoms with Crippen LogP contribution in [0, 0.1) is 5.92 Å². The zero-order chi connectivity index (χ0) is 28.6. The van der Waals surface area contributed by atoms with Crippen LogP contribution in [-0.2, 0) is 0 Å². The Bertz CT molecular complexity index is 1670. The van der Waals surface area contributed by atoms with Crippen LogP contribution in [0.5, 0.6) is 5.88 Å². The van der Waals surface area contributed by atoms with E-state index in [2.05, 4.69) is 25.2 Å². The number of rotatable bonds is 6. The Morgan fingerprint density at radius 1 is 1.18 bits per heavy atom. The molecule has 1 aromatic carbocycles. The molecule has 0 amide bonds. The SMILES string of the molecule is Nc1nc(N2CCC(C(N)C(F)(F)F)C2)cnc1Sc1cccc(N=Nc2c(O)nc3ccccn3c2=O)c1Cl. The van der Waals surface area contributed by atoms with Gasteiger partial charge in [-0.25, -0.2) is 9.97 Å². The van der Waals surface area contributed by atoms with E-state index < -0.39 is 29.6 Å². The van der Waals surface area contributed by atoms with Crippen molar-refractivity contribution in [2.45, 2.75) is 28.6 Å².